The molecule has 11 nitrogen and oxygen atoms in total. The largest absolute Gasteiger partial charge is 0.440 e. The number of benzene rings is 3. The van der Waals surface area contributed by atoms with Crippen LogP contribution >= 0.6 is 0 Å². The summed E-state index contributed by atoms with van der Waals surface area (Å²) in [5.41, 5.74) is -1.39. The molecule has 0 spiro atoms. The summed E-state index contributed by atoms with van der Waals surface area (Å²) in [6.45, 7) is 3.62. The van der Waals surface area contributed by atoms with E-state index in [9.17, 15) is 29.4 Å². The van der Waals surface area contributed by atoms with Crippen molar-refractivity contribution in [2.45, 2.75) is 62.8 Å². The lowest BCUT2D eigenvalue weighted by Gasteiger charge is -2.31. The van der Waals surface area contributed by atoms with Gasteiger partial charge in [0, 0.05) is 30.4 Å². The van der Waals surface area contributed by atoms with Gasteiger partial charge in [-0.25, -0.2) is 0 Å². The summed E-state index contributed by atoms with van der Waals surface area (Å²) in [6.07, 6.45) is 2.22. The number of amides is 4. The third-order valence-corrected chi connectivity index (χ3v) is 9.43. The van der Waals surface area contributed by atoms with E-state index >= 15 is 0 Å². The van der Waals surface area contributed by atoms with E-state index in [1.54, 1.807) is 97.1 Å². The molecule has 2 aliphatic heterocycles. The van der Waals surface area contributed by atoms with Gasteiger partial charge >= 0.3 is 0 Å². The van der Waals surface area contributed by atoms with Gasteiger partial charge in [0.2, 0.25) is 11.8 Å². The van der Waals surface area contributed by atoms with Gasteiger partial charge in [-0.2, -0.15) is 0 Å². The highest BCUT2D eigenvalue weighted by Gasteiger charge is 2.44. The fourth-order valence-electron chi connectivity index (χ4n) is 6.60. The van der Waals surface area contributed by atoms with Crippen molar-refractivity contribution in [3.8, 4) is 11.3 Å². The average molecular weight is 665 g/mol. The van der Waals surface area contributed by atoms with Gasteiger partial charge in [0.05, 0.1) is 0 Å². The predicted octanol–water partition coefficient (Wildman–Crippen LogP) is 4.62. The van der Waals surface area contributed by atoms with E-state index < -0.39 is 41.0 Å². The number of anilines is 2. The van der Waals surface area contributed by atoms with Crippen LogP contribution in [0, 0.1) is 0 Å². The number of carbonyl (C=O) groups excluding carboxylic acids is 4. The first-order valence-corrected chi connectivity index (χ1v) is 16.5. The third-order valence-electron chi connectivity index (χ3n) is 9.43. The zero-order valence-corrected chi connectivity index (χ0v) is 27.5. The number of aliphatic hydroxyl groups is 2. The second kappa shape index (κ2) is 13.7. The molecule has 4 amide bonds. The molecule has 3 heterocycles. The zero-order valence-electron chi connectivity index (χ0n) is 27.5. The molecule has 0 radical (unpaired) electrons. The number of likely N-dealkylation sites (tertiary alicyclic amines) is 2. The topological polar surface area (TPSA) is 152 Å². The van der Waals surface area contributed by atoms with Gasteiger partial charge in [-0.05, 0) is 81.0 Å². The van der Waals surface area contributed by atoms with Crippen molar-refractivity contribution in [1.82, 2.24) is 9.80 Å². The average Bonchev–Trinajstić information content (AvgIpc) is 3.90. The highest BCUT2D eigenvalue weighted by molar-refractivity contribution is 6.00. The van der Waals surface area contributed by atoms with Crippen LogP contribution in [0.4, 0.5) is 11.6 Å². The fraction of sp³-hybridized carbons (Fsp3) is 0.316. The molecule has 2 aliphatic rings. The highest BCUT2D eigenvalue weighted by atomic mass is 16.4. The number of rotatable bonds is 9. The summed E-state index contributed by atoms with van der Waals surface area (Å²) in [5, 5.41) is 27.8. The molecule has 49 heavy (non-hydrogen) atoms. The zero-order chi connectivity index (χ0) is 34.8. The van der Waals surface area contributed by atoms with Crippen LogP contribution in [0.25, 0.3) is 11.3 Å². The van der Waals surface area contributed by atoms with Crippen LogP contribution in [0.5, 0.6) is 0 Å². The molecule has 2 fully saturated rings. The van der Waals surface area contributed by atoms with Crippen molar-refractivity contribution in [2.24, 2.45) is 0 Å². The standard InChI is InChI=1S/C38H40N4O7/c1-37(47,26-11-5-3-6-12-26)35(45)41-23-9-15-29(41)33(43)39-28-19-17-25(18-20-28)31-21-22-32(49-31)40-34(44)30-16-10-24-42(30)36(46)38(2,48)27-13-7-4-8-14-27/h3-8,11-14,17-22,29-30,47-48H,9-10,15-16,23-24H2,1-2H3,(H,39,43)(H,40,44)/t29?,30?,37-,38-/m1/s1. The van der Waals surface area contributed by atoms with Gasteiger partial charge in [0.15, 0.2) is 17.1 Å². The Hall–Kier alpha value is -5.26. The van der Waals surface area contributed by atoms with Gasteiger partial charge in [0.1, 0.15) is 17.8 Å². The van der Waals surface area contributed by atoms with Crippen LogP contribution in [-0.4, -0.2) is 68.8 Å². The van der Waals surface area contributed by atoms with Crippen molar-refractivity contribution >= 4 is 35.2 Å². The number of hydrogen-bond acceptors (Lipinski definition) is 7. The van der Waals surface area contributed by atoms with Crippen molar-refractivity contribution in [2.75, 3.05) is 23.7 Å². The lowest BCUT2D eigenvalue weighted by atomic mass is 9.94. The van der Waals surface area contributed by atoms with Crippen molar-refractivity contribution < 1.29 is 33.8 Å². The van der Waals surface area contributed by atoms with Crippen molar-refractivity contribution in [1.29, 1.82) is 0 Å². The Kier molecular flexibility index (Phi) is 9.40. The molecule has 2 unspecified atom stereocenters. The first-order chi connectivity index (χ1) is 23.5. The Labute approximate surface area is 284 Å². The molecule has 0 bridgehead atoms. The lowest BCUT2D eigenvalue weighted by Crippen LogP contribution is -2.50. The monoisotopic (exact) mass is 664 g/mol. The molecule has 2 saturated heterocycles. The smallest absolute Gasteiger partial charge is 0.259 e. The molecule has 0 aliphatic carbocycles. The van der Waals surface area contributed by atoms with E-state index in [2.05, 4.69) is 10.6 Å². The second-order valence-corrected chi connectivity index (χ2v) is 12.9. The summed E-state index contributed by atoms with van der Waals surface area (Å²) in [4.78, 5) is 56.1. The van der Waals surface area contributed by atoms with Crippen LogP contribution in [0.15, 0.2) is 101 Å². The summed E-state index contributed by atoms with van der Waals surface area (Å²) in [5.74, 6) is -1.10. The minimum Gasteiger partial charge on any atom is -0.440 e. The molecular weight excluding hydrogens is 624 g/mol. The molecular formula is C38H40N4O7. The number of hydrogen-bond donors (Lipinski definition) is 4. The minimum absolute atomic E-state index is 0.212. The van der Waals surface area contributed by atoms with E-state index in [0.29, 0.717) is 66.9 Å². The van der Waals surface area contributed by atoms with Crippen molar-refractivity contribution in [3.63, 3.8) is 0 Å². The maximum Gasteiger partial charge on any atom is 0.259 e. The predicted molar refractivity (Wildman–Crippen MR) is 183 cm³/mol. The SMILES string of the molecule is C[C@](O)(C(=O)N1CCCC1C(=O)Nc1ccc(-c2ccc(NC(=O)C3CCCN3C(=O)[C@](C)(O)c3ccccc3)o2)cc1)c1ccccc1. The Morgan fingerprint density at radius 3 is 1.61 bits per heavy atom. The van der Waals surface area contributed by atoms with Gasteiger partial charge < -0.3 is 29.7 Å². The number of carbonyl (C=O) groups is 4. The van der Waals surface area contributed by atoms with E-state index in [-0.39, 0.29) is 11.8 Å². The van der Waals surface area contributed by atoms with Crippen LogP contribution < -0.4 is 10.6 Å². The van der Waals surface area contributed by atoms with E-state index in [0.717, 1.165) is 0 Å². The molecule has 6 rings (SSSR count). The van der Waals surface area contributed by atoms with Gasteiger partial charge in [-0.1, -0.05) is 60.7 Å². The first kappa shape index (κ1) is 33.6. The molecule has 1 aromatic heterocycles. The lowest BCUT2D eigenvalue weighted by molar-refractivity contribution is -0.153. The minimum atomic E-state index is -1.77. The van der Waals surface area contributed by atoms with Crippen LogP contribution in [0.1, 0.15) is 50.7 Å². The first-order valence-electron chi connectivity index (χ1n) is 16.5. The molecule has 254 valence electrons. The molecule has 4 atom stereocenters. The van der Waals surface area contributed by atoms with Gasteiger partial charge in [-0.15, -0.1) is 0 Å². The van der Waals surface area contributed by atoms with E-state index in [1.165, 1.54) is 23.6 Å². The summed E-state index contributed by atoms with van der Waals surface area (Å²) >= 11 is 0. The summed E-state index contributed by atoms with van der Waals surface area (Å²) in [6, 6.07) is 26.2. The molecule has 3 aromatic carbocycles. The van der Waals surface area contributed by atoms with Gasteiger partial charge in [0.25, 0.3) is 11.8 Å². The van der Waals surface area contributed by atoms with E-state index in [1.807, 2.05) is 0 Å². The highest BCUT2D eigenvalue weighted by Crippen LogP contribution is 2.32. The Morgan fingerprint density at radius 1 is 0.653 bits per heavy atom. The quantitative estimate of drug-likeness (QED) is 0.204. The summed E-state index contributed by atoms with van der Waals surface area (Å²) < 4.78 is 5.90. The maximum atomic E-state index is 13.4. The Bertz CT molecular complexity index is 1820. The molecule has 11 heteroatoms. The van der Waals surface area contributed by atoms with Gasteiger partial charge in [-0.3, -0.25) is 24.5 Å². The van der Waals surface area contributed by atoms with Crippen molar-refractivity contribution in [3.05, 3.63) is 108 Å². The molecule has 4 N–H and O–H groups in total. The Balaban J connectivity index is 1.06. The number of nitrogens with zero attached hydrogens (tertiary/aromatic N) is 2. The second-order valence-electron chi connectivity index (χ2n) is 12.9. The maximum absolute atomic E-state index is 13.4. The molecule has 0 saturated carbocycles. The number of nitrogens with one attached hydrogen (secondary N) is 2. The third kappa shape index (κ3) is 6.85. The Morgan fingerprint density at radius 2 is 1.12 bits per heavy atom. The van der Waals surface area contributed by atoms with Crippen LogP contribution in [0.3, 0.4) is 0 Å². The summed E-state index contributed by atoms with van der Waals surface area (Å²) in [7, 11) is 0. The van der Waals surface area contributed by atoms with Crippen LogP contribution in [-0.2, 0) is 30.4 Å². The normalized spacial score (nSPS) is 19.9. The molecule has 4 aromatic rings. The van der Waals surface area contributed by atoms with E-state index in [4.69, 9.17) is 4.42 Å². The fourth-order valence-corrected chi connectivity index (χ4v) is 6.60. The van der Waals surface area contributed by atoms with Crippen LogP contribution in [0.2, 0.25) is 0 Å². The number of furan rings is 1.